The summed E-state index contributed by atoms with van der Waals surface area (Å²) in [5, 5.41) is 3.33. The zero-order valence-corrected chi connectivity index (χ0v) is 12.0. The number of benzene rings is 2. The fourth-order valence-electron chi connectivity index (χ4n) is 2.24. The van der Waals surface area contributed by atoms with Crippen molar-refractivity contribution >= 4 is 28.3 Å². The number of H-pyrrole nitrogens is 2. The molecule has 1 heterocycles. The van der Waals surface area contributed by atoms with Crippen molar-refractivity contribution in [3.05, 3.63) is 63.3 Å². The van der Waals surface area contributed by atoms with Crippen LogP contribution in [0.4, 0.5) is 10.1 Å². The molecule has 0 aliphatic carbocycles. The molecule has 3 rings (SSSR count). The van der Waals surface area contributed by atoms with E-state index in [1.807, 2.05) is 25.1 Å². The maximum atomic E-state index is 13.1. The summed E-state index contributed by atoms with van der Waals surface area (Å²) < 4.78 is 13.1. The van der Waals surface area contributed by atoms with Gasteiger partial charge in [-0.25, -0.2) is 9.18 Å². The van der Waals surface area contributed by atoms with Crippen LogP contribution in [0.5, 0.6) is 0 Å². The van der Waals surface area contributed by atoms with Gasteiger partial charge in [-0.2, -0.15) is 0 Å². The van der Waals surface area contributed by atoms with Gasteiger partial charge in [0.1, 0.15) is 5.82 Å². The van der Waals surface area contributed by atoms with E-state index in [9.17, 15) is 9.18 Å². The molecule has 1 atom stereocenters. The smallest absolute Gasteiger partial charge is 0.323 e. The second kappa shape index (κ2) is 5.26. The predicted octanol–water partition coefficient (Wildman–Crippen LogP) is 3.82. The van der Waals surface area contributed by atoms with E-state index in [4.69, 9.17) is 11.6 Å². The number of hydrogen-bond donors (Lipinski definition) is 3. The second-order valence-corrected chi connectivity index (χ2v) is 5.29. The lowest BCUT2D eigenvalue weighted by molar-refractivity contribution is 0.628. The van der Waals surface area contributed by atoms with Crippen molar-refractivity contribution in [2.75, 3.05) is 5.32 Å². The molecule has 0 aliphatic heterocycles. The molecule has 4 nitrogen and oxygen atoms in total. The molecule has 0 aliphatic rings. The minimum absolute atomic E-state index is 0.0191. The zero-order valence-electron chi connectivity index (χ0n) is 11.2. The van der Waals surface area contributed by atoms with E-state index in [1.165, 1.54) is 6.07 Å². The molecular formula is C15H13ClFN3O. The maximum Gasteiger partial charge on any atom is 0.323 e. The number of hydrogen-bond acceptors (Lipinski definition) is 2. The summed E-state index contributed by atoms with van der Waals surface area (Å²) in [6.45, 7) is 1.98. The van der Waals surface area contributed by atoms with Crippen LogP contribution in [0, 0.1) is 5.82 Å². The molecule has 1 aromatic heterocycles. The van der Waals surface area contributed by atoms with Crippen LogP contribution >= 0.6 is 11.6 Å². The molecule has 1 unspecified atom stereocenters. The van der Waals surface area contributed by atoms with E-state index in [0.29, 0.717) is 0 Å². The molecule has 3 N–H and O–H groups in total. The average molecular weight is 306 g/mol. The van der Waals surface area contributed by atoms with E-state index in [2.05, 4.69) is 15.3 Å². The van der Waals surface area contributed by atoms with E-state index in [-0.39, 0.29) is 16.8 Å². The number of aromatic nitrogens is 2. The molecule has 108 valence electrons. The molecule has 0 amide bonds. The third-order valence-corrected chi connectivity index (χ3v) is 3.63. The van der Waals surface area contributed by atoms with Crippen LogP contribution < -0.4 is 11.0 Å². The Morgan fingerprint density at radius 2 is 1.90 bits per heavy atom. The van der Waals surface area contributed by atoms with Crippen LogP contribution in [0.15, 0.2) is 41.2 Å². The van der Waals surface area contributed by atoms with Gasteiger partial charge in [0.05, 0.1) is 16.1 Å². The quantitative estimate of drug-likeness (QED) is 0.689. The standard InChI is InChI=1S/C15H13ClFN3O/c1-8(18-10-3-4-12(17)11(16)7-10)9-2-5-13-14(6-9)20-15(21)19-13/h2-8,18H,1H3,(H2,19,20,21). The van der Waals surface area contributed by atoms with E-state index in [1.54, 1.807) is 12.1 Å². The molecule has 0 bridgehead atoms. The largest absolute Gasteiger partial charge is 0.378 e. The van der Waals surface area contributed by atoms with Crippen molar-refractivity contribution in [3.8, 4) is 0 Å². The van der Waals surface area contributed by atoms with E-state index >= 15 is 0 Å². The number of anilines is 1. The lowest BCUT2D eigenvalue weighted by atomic mass is 10.1. The Labute approximate surface area is 125 Å². The third-order valence-electron chi connectivity index (χ3n) is 3.34. The Kier molecular flexibility index (Phi) is 3.43. The van der Waals surface area contributed by atoms with Crippen molar-refractivity contribution in [2.24, 2.45) is 0 Å². The average Bonchev–Trinajstić information content (AvgIpc) is 2.82. The fourth-order valence-corrected chi connectivity index (χ4v) is 2.42. The highest BCUT2D eigenvalue weighted by Gasteiger charge is 2.09. The lowest BCUT2D eigenvalue weighted by Crippen LogP contribution is -2.06. The maximum absolute atomic E-state index is 13.1. The first-order valence-electron chi connectivity index (χ1n) is 6.46. The van der Waals surface area contributed by atoms with Crippen LogP contribution in [0.2, 0.25) is 5.02 Å². The van der Waals surface area contributed by atoms with Crippen LogP contribution in [0.3, 0.4) is 0 Å². The van der Waals surface area contributed by atoms with Gasteiger partial charge in [-0.15, -0.1) is 0 Å². The number of imidazole rings is 1. The van der Waals surface area contributed by atoms with Gasteiger partial charge in [0.15, 0.2) is 0 Å². The Hall–Kier alpha value is -2.27. The lowest BCUT2D eigenvalue weighted by Gasteiger charge is -2.16. The van der Waals surface area contributed by atoms with Gasteiger partial charge in [-0.05, 0) is 42.8 Å². The van der Waals surface area contributed by atoms with Crippen molar-refractivity contribution in [1.82, 2.24) is 9.97 Å². The highest BCUT2D eigenvalue weighted by molar-refractivity contribution is 6.31. The molecule has 0 saturated carbocycles. The molecule has 6 heteroatoms. The summed E-state index contributed by atoms with van der Waals surface area (Å²) in [7, 11) is 0. The van der Waals surface area contributed by atoms with Crippen LogP contribution in [0.1, 0.15) is 18.5 Å². The van der Waals surface area contributed by atoms with Gasteiger partial charge >= 0.3 is 5.69 Å². The Morgan fingerprint density at radius 1 is 1.14 bits per heavy atom. The van der Waals surface area contributed by atoms with Gasteiger partial charge < -0.3 is 15.3 Å². The zero-order chi connectivity index (χ0) is 15.0. The van der Waals surface area contributed by atoms with Crippen LogP contribution in [-0.2, 0) is 0 Å². The summed E-state index contributed by atoms with van der Waals surface area (Å²) in [4.78, 5) is 16.7. The minimum atomic E-state index is -0.443. The summed E-state index contributed by atoms with van der Waals surface area (Å²) >= 11 is 5.77. The van der Waals surface area contributed by atoms with E-state index in [0.717, 1.165) is 22.3 Å². The summed E-state index contributed by atoms with van der Waals surface area (Å²) in [6.07, 6.45) is 0. The number of rotatable bonds is 3. The second-order valence-electron chi connectivity index (χ2n) is 4.88. The van der Waals surface area contributed by atoms with Crippen molar-refractivity contribution in [1.29, 1.82) is 0 Å². The predicted molar refractivity (Wildman–Crippen MR) is 82.4 cm³/mol. The fraction of sp³-hybridized carbons (Fsp3) is 0.133. The van der Waals surface area contributed by atoms with Crippen molar-refractivity contribution < 1.29 is 4.39 Å². The molecule has 21 heavy (non-hydrogen) atoms. The molecule has 0 spiro atoms. The first-order chi connectivity index (χ1) is 10.0. The highest BCUT2D eigenvalue weighted by atomic mass is 35.5. The van der Waals surface area contributed by atoms with Crippen molar-refractivity contribution in [2.45, 2.75) is 13.0 Å². The summed E-state index contributed by atoms with van der Waals surface area (Å²) in [6, 6.07) is 10.2. The topological polar surface area (TPSA) is 60.7 Å². The Bertz CT molecular complexity index is 855. The Morgan fingerprint density at radius 3 is 2.67 bits per heavy atom. The van der Waals surface area contributed by atoms with Crippen LogP contribution in [0.25, 0.3) is 11.0 Å². The number of aromatic amines is 2. The van der Waals surface area contributed by atoms with Gasteiger partial charge in [-0.1, -0.05) is 17.7 Å². The highest BCUT2D eigenvalue weighted by Crippen LogP contribution is 2.24. The minimum Gasteiger partial charge on any atom is -0.378 e. The molecule has 3 aromatic rings. The van der Waals surface area contributed by atoms with Gasteiger partial charge in [0.25, 0.3) is 0 Å². The van der Waals surface area contributed by atoms with Crippen molar-refractivity contribution in [3.63, 3.8) is 0 Å². The summed E-state index contributed by atoms with van der Waals surface area (Å²) in [5.74, 6) is -0.443. The van der Waals surface area contributed by atoms with Gasteiger partial charge in [0.2, 0.25) is 0 Å². The molecule has 0 saturated heterocycles. The molecule has 2 aromatic carbocycles. The number of nitrogens with one attached hydrogen (secondary N) is 3. The monoisotopic (exact) mass is 305 g/mol. The SMILES string of the molecule is CC(Nc1ccc(F)c(Cl)c1)c1ccc2[nH]c(=O)[nH]c2c1. The van der Waals surface area contributed by atoms with Gasteiger partial charge in [0, 0.05) is 11.7 Å². The number of halogens is 2. The van der Waals surface area contributed by atoms with E-state index < -0.39 is 5.82 Å². The molecular weight excluding hydrogens is 293 g/mol. The summed E-state index contributed by atoms with van der Waals surface area (Å²) in [5.41, 5.74) is 3.02. The Balaban J connectivity index is 1.87. The van der Waals surface area contributed by atoms with Crippen LogP contribution in [-0.4, -0.2) is 9.97 Å². The first-order valence-corrected chi connectivity index (χ1v) is 6.84. The molecule has 0 fully saturated rings. The molecule has 0 radical (unpaired) electrons. The first kappa shape index (κ1) is 13.7. The normalized spacial score (nSPS) is 12.5. The third kappa shape index (κ3) is 2.78. The number of fused-ring (bicyclic) bond motifs is 1. The van der Waals surface area contributed by atoms with Gasteiger partial charge in [-0.3, -0.25) is 0 Å².